The molecule has 21 heavy (non-hydrogen) atoms. The summed E-state index contributed by atoms with van der Waals surface area (Å²) in [7, 11) is 0. The zero-order chi connectivity index (χ0) is 14.2. The van der Waals surface area contributed by atoms with Gasteiger partial charge in [0.2, 0.25) is 0 Å². The molecule has 1 aromatic carbocycles. The van der Waals surface area contributed by atoms with Crippen LogP contribution in [0.4, 0.5) is 5.69 Å². The Morgan fingerprint density at radius 3 is 2.86 bits per heavy atom. The van der Waals surface area contributed by atoms with Crippen LogP contribution in [0.2, 0.25) is 0 Å². The third kappa shape index (κ3) is 2.71. The van der Waals surface area contributed by atoms with Crippen LogP contribution in [0.25, 0.3) is 0 Å². The second-order valence-electron chi connectivity index (χ2n) is 6.12. The van der Waals surface area contributed by atoms with Crippen LogP contribution in [0.1, 0.15) is 36.0 Å². The molecule has 0 aliphatic heterocycles. The average Bonchev–Trinajstić information content (AvgIpc) is 3.16. The van der Waals surface area contributed by atoms with E-state index in [1.54, 1.807) is 12.3 Å². The smallest absolute Gasteiger partial charge is 0.269 e. The molecule has 4 rings (SSSR count). The van der Waals surface area contributed by atoms with Crippen LogP contribution in [0.3, 0.4) is 0 Å². The molecular weight excluding hydrogens is 262 g/mol. The van der Waals surface area contributed by atoms with Gasteiger partial charge in [0.05, 0.1) is 18.4 Å². The van der Waals surface area contributed by atoms with Crippen LogP contribution in [-0.2, 0) is 19.4 Å². The Kier molecular flexibility index (Phi) is 3.02. The molecule has 4 nitrogen and oxygen atoms in total. The van der Waals surface area contributed by atoms with Gasteiger partial charge in [-0.15, -0.1) is 0 Å². The van der Waals surface area contributed by atoms with Crippen molar-refractivity contribution in [1.82, 2.24) is 9.78 Å². The van der Waals surface area contributed by atoms with E-state index in [-0.39, 0.29) is 5.56 Å². The van der Waals surface area contributed by atoms with E-state index < -0.39 is 0 Å². The summed E-state index contributed by atoms with van der Waals surface area (Å²) in [6.07, 6.45) is 7.74. The van der Waals surface area contributed by atoms with Gasteiger partial charge >= 0.3 is 0 Å². The third-order valence-corrected chi connectivity index (χ3v) is 4.31. The van der Waals surface area contributed by atoms with Gasteiger partial charge in [0, 0.05) is 12.1 Å². The molecule has 0 amide bonds. The van der Waals surface area contributed by atoms with Gasteiger partial charge in [0.15, 0.2) is 0 Å². The summed E-state index contributed by atoms with van der Waals surface area (Å²) in [4.78, 5) is 12.1. The molecule has 0 atom stereocenters. The van der Waals surface area contributed by atoms with E-state index in [0.717, 1.165) is 17.7 Å². The van der Waals surface area contributed by atoms with Crippen molar-refractivity contribution in [3.05, 3.63) is 57.5 Å². The predicted molar refractivity (Wildman–Crippen MR) is 82.7 cm³/mol. The number of rotatable bonds is 4. The zero-order valence-electron chi connectivity index (χ0n) is 12.0. The predicted octanol–water partition coefficient (Wildman–Crippen LogP) is 2.35. The summed E-state index contributed by atoms with van der Waals surface area (Å²) in [5, 5.41) is 7.60. The SMILES string of the molecule is O=c1cc(NC2CC2)cnn1Cc1ccc2c(c1)CCC2. The fourth-order valence-corrected chi connectivity index (χ4v) is 2.99. The van der Waals surface area contributed by atoms with E-state index in [1.807, 2.05) is 0 Å². The van der Waals surface area contributed by atoms with Crippen LogP contribution in [0, 0.1) is 0 Å². The molecule has 4 heteroatoms. The molecule has 2 aliphatic rings. The van der Waals surface area contributed by atoms with Crippen molar-refractivity contribution in [3.63, 3.8) is 0 Å². The monoisotopic (exact) mass is 281 g/mol. The number of fused-ring (bicyclic) bond motifs is 1. The molecule has 1 saturated carbocycles. The number of aryl methyl sites for hydroxylation is 2. The highest BCUT2D eigenvalue weighted by Crippen LogP contribution is 2.24. The second kappa shape index (κ2) is 5.02. The molecule has 0 unspecified atom stereocenters. The minimum atomic E-state index is -0.0406. The Morgan fingerprint density at radius 2 is 2.05 bits per heavy atom. The van der Waals surface area contributed by atoms with Gasteiger partial charge in [-0.25, -0.2) is 4.68 Å². The highest BCUT2D eigenvalue weighted by atomic mass is 16.1. The van der Waals surface area contributed by atoms with Crippen molar-refractivity contribution in [3.8, 4) is 0 Å². The molecular formula is C17H19N3O. The molecule has 2 aromatic rings. The highest BCUT2D eigenvalue weighted by molar-refractivity contribution is 5.41. The molecule has 0 saturated heterocycles. The summed E-state index contributed by atoms with van der Waals surface area (Å²) < 4.78 is 1.54. The maximum absolute atomic E-state index is 12.1. The largest absolute Gasteiger partial charge is 0.381 e. The molecule has 1 heterocycles. The van der Waals surface area contributed by atoms with E-state index in [9.17, 15) is 4.79 Å². The average molecular weight is 281 g/mol. The van der Waals surface area contributed by atoms with Crippen molar-refractivity contribution in [2.45, 2.75) is 44.7 Å². The van der Waals surface area contributed by atoms with Crippen molar-refractivity contribution in [1.29, 1.82) is 0 Å². The molecule has 1 fully saturated rings. The van der Waals surface area contributed by atoms with Crippen LogP contribution >= 0.6 is 0 Å². The van der Waals surface area contributed by atoms with Gasteiger partial charge in [-0.05, 0) is 48.8 Å². The maximum Gasteiger partial charge on any atom is 0.269 e. The van der Waals surface area contributed by atoms with Gasteiger partial charge in [0.25, 0.3) is 5.56 Å². The Hall–Kier alpha value is -2.10. The fraction of sp³-hybridized carbons (Fsp3) is 0.412. The maximum atomic E-state index is 12.1. The summed E-state index contributed by atoms with van der Waals surface area (Å²) in [6.45, 7) is 0.551. The molecule has 0 spiro atoms. The van der Waals surface area contributed by atoms with Gasteiger partial charge in [-0.1, -0.05) is 18.2 Å². The first kappa shape index (κ1) is 12.6. The first-order valence-electron chi connectivity index (χ1n) is 7.72. The lowest BCUT2D eigenvalue weighted by Crippen LogP contribution is -2.23. The minimum Gasteiger partial charge on any atom is -0.381 e. The molecule has 108 valence electrons. The van der Waals surface area contributed by atoms with Crippen molar-refractivity contribution in [2.24, 2.45) is 0 Å². The van der Waals surface area contributed by atoms with Gasteiger partial charge in [-0.3, -0.25) is 4.79 Å². The van der Waals surface area contributed by atoms with Crippen LogP contribution in [-0.4, -0.2) is 15.8 Å². The molecule has 1 aromatic heterocycles. The van der Waals surface area contributed by atoms with Crippen LogP contribution < -0.4 is 10.9 Å². The molecule has 0 bridgehead atoms. The number of anilines is 1. The fourth-order valence-electron chi connectivity index (χ4n) is 2.99. The Labute approximate surface area is 123 Å². The van der Waals surface area contributed by atoms with Crippen molar-refractivity contribution >= 4 is 5.69 Å². The lowest BCUT2D eigenvalue weighted by molar-refractivity contribution is 0.639. The minimum absolute atomic E-state index is 0.0406. The van der Waals surface area contributed by atoms with Crippen LogP contribution in [0.5, 0.6) is 0 Å². The lowest BCUT2D eigenvalue weighted by Gasteiger charge is -2.08. The summed E-state index contributed by atoms with van der Waals surface area (Å²) in [6, 6.07) is 8.74. The third-order valence-electron chi connectivity index (χ3n) is 4.31. The second-order valence-corrected chi connectivity index (χ2v) is 6.12. The highest BCUT2D eigenvalue weighted by Gasteiger charge is 2.21. The number of nitrogens with zero attached hydrogens (tertiary/aromatic N) is 2. The Balaban J connectivity index is 1.54. The summed E-state index contributed by atoms with van der Waals surface area (Å²) >= 11 is 0. The summed E-state index contributed by atoms with van der Waals surface area (Å²) in [5.41, 5.74) is 4.86. The number of hydrogen-bond acceptors (Lipinski definition) is 3. The number of benzene rings is 1. The molecule has 2 aliphatic carbocycles. The molecule has 1 N–H and O–H groups in total. The van der Waals surface area contributed by atoms with E-state index >= 15 is 0 Å². The van der Waals surface area contributed by atoms with Gasteiger partial charge in [-0.2, -0.15) is 5.10 Å². The van der Waals surface area contributed by atoms with E-state index in [0.29, 0.717) is 12.6 Å². The van der Waals surface area contributed by atoms with Crippen molar-refractivity contribution < 1.29 is 0 Å². The quantitative estimate of drug-likeness (QED) is 0.936. The first-order valence-corrected chi connectivity index (χ1v) is 7.72. The van der Waals surface area contributed by atoms with Gasteiger partial charge < -0.3 is 5.32 Å². The standard InChI is InChI=1S/C17H19N3O/c21-17-9-16(19-15-6-7-15)10-18-20(17)11-12-4-5-13-2-1-3-14(13)8-12/h4-5,8-10,15,19H,1-3,6-7,11H2. The summed E-state index contributed by atoms with van der Waals surface area (Å²) in [5.74, 6) is 0. The van der Waals surface area contributed by atoms with E-state index in [1.165, 1.54) is 41.5 Å². The number of nitrogens with one attached hydrogen (secondary N) is 1. The van der Waals surface area contributed by atoms with Gasteiger partial charge in [0.1, 0.15) is 0 Å². The van der Waals surface area contributed by atoms with E-state index in [2.05, 4.69) is 28.6 Å². The first-order chi connectivity index (χ1) is 10.3. The molecule has 0 radical (unpaired) electrons. The van der Waals surface area contributed by atoms with Crippen molar-refractivity contribution in [2.75, 3.05) is 5.32 Å². The Bertz CT molecular complexity index is 731. The Morgan fingerprint density at radius 1 is 1.19 bits per heavy atom. The normalized spacial score (nSPS) is 16.8. The lowest BCUT2D eigenvalue weighted by atomic mass is 10.1. The van der Waals surface area contributed by atoms with E-state index in [4.69, 9.17) is 0 Å². The number of hydrogen-bond donors (Lipinski definition) is 1. The van der Waals surface area contributed by atoms with Crippen LogP contribution in [0.15, 0.2) is 35.3 Å². The topological polar surface area (TPSA) is 46.9 Å². The zero-order valence-corrected chi connectivity index (χ0v) is 12.0. The number of aromatic nitrogens is 2.